The topological polar surface area (TPSA) is 84.7 Å². The molecule has 1 aromatic heterocycles. The molecule has 7 heteroatoms. The van der Waals surface area contributed by atoms with Gasteiger partial charge in [-0.15, -0.1) is 0 Å². The van der Waals surface area contributed by atoms with E-state index in [-0.39, 0.29) is 25.5 Å². The molecule has 0 aliphatic rings. The number of aromatic nitrogens is 2. The lowest BCUT2D eigenvalue weighted by Gasteiger charge is -2.10. The number of esters is 1. The fourth-order valence-corrected chi connectivity index (χ4v) is 1.50. The molecule has 1 amide bonds. The second-order valence-corrected chi connectivity index (χ2v) is 4.29. The predicted octanol–water partition coefficient (Wildman–Crippen LogP) is -0.101. The smallest absolute Gasteiger partial charge is 0.308 e. The van der Waals surface area contributed by atoms with E-state index in [2.05, 4.69) is 5.10 Å². The Morgan fingerprint density at radius 1 is 1.53 bits per heavy atom. The van der Waals surface area contributed by atoms with Crippen molar-refractivity contribution < 1.29 is 19.4 Å². The van der Waals surface area contributed by atoms with Crippen LogP contribution in [0.3, 0.4) is 0 Å². The van der Waals surface area contributed by atoms with E-state index in [1.807, 2.05) is 0 Å². The highest BCUT2D eigenvalue weighted by Crippen LogP contribution is 2.03. The molecule has 1 atom stereocenters. The standard InChI is InChI=1S/C12H19N3O4/c1-4-19-11(17)7-9(16)8-15-6-5-10(13-15)12(18)14(2)3/h5-6,9,16H,4,7-8H2,1-3H3. The van der Waals surface area contributed by atoms with E-state index in [4.69, 9.17) is 4.74 Å². The minimum Gasteiger partial charge on any atom is -0.466 e. The molecule has 1 N–H and O–H groups in total. The molecule has 0 fully saturated rings. The van der Waals surface area contributed by atoms with Crippen molar-refractivity contribution in [2.24, 2.45) is 0 Å². The molecule has 0 bridgehead atoms. The van der Waals surface area contributed by atoms with Crippen LogP contribution in [0, 0.1) is 0 Å². The van der Waals surface area contributed by atoms with Crippen molar-refractivity contribution >= 4 is 11.9 Å². The Morgan fingerprint density at radius 3 is 2.79 bits per heavy atom. The van der Waals surface area contributed by atoms with Gasteiger partial charge in [0.15, 0.2) is 0 Å². The van der Waals surface area contributed by atoms with E-state index >= 15 is 0 Å². The maximum Gasteiger partial charge on any atom is 0.308 e. The van der Waals surface area contributed by atoms with Crippen molar-refractivity contribution in [3.63, 3.8) is 0 Å². The number of hydrogen-bond acceptors (Lipinski definition) is 5. The third kappa shape index (κ3) is 4.70. The molecule has 106 valence electrons. The van der Waals surface area contributed by atoms with Crippen LogP contribution in [0.4, 0.5) is 0 Å². The third-order valence-electron chi connectivity index (χ3n) is 2.37. The monoisotopic (exact) mass is 269 g/mol. The van der Waals surface area contributed by atoms with Gasteiger partial charge in [-0.25, -0.2) is 0 Å². The Hall–Kier alpha value is -1.89. The number of hydrogen-bond donors (Lipinski definition) is 1. The largest absolute Gasteiger partial charge is 0.466 e. The SMILES string of the molecule is CCOC(=O)CC(O)Cn1ccc(C(=O)N(C)C)n1. The molecule has 1 aromatic rings. The average Bonchev–Trinajstić information content (AvgIpc) is 2.76. The zero-order chi connectivity index (χ0) is 14.4. The molecule has 0 spiro atoms. The first-order chi connectivity index (χ1) is 8.93. The summed E-state index contributed by atoms with van der Waals surface area (Å²) in [6, 6.07) is 1.57. The summed E-state index contributed by atoms with van der Waals surface area (Å²) in [4.78, 5) is 24.2. The Labute approximate surface area is 111 Å². The fourth-order valence-electron chi connectivity index (χ4n) is 1.50. The van der Waals surface area contributed by atoms with Gasteiger partial charge in [0, 0.05) is 20.3 Å². The highest BCUT2D eigenvalue weighted by Gasteiger charge is 2.15. The van der Waals surface area contributed by atoms with E-state index in [9.17, 15) is 14.7 Å². The van der Waals surface area contributed by atoms with E-state index in [0.29, 0.717) is 5.69 Å². The second-order valence-electron chi connectivity index (χ2n) is 4.29. The van der Waals surface area contributed by atoms with E-state index in [0.717, 1.165) is 0 Å². The first-order valence-electron chi connectivity index (χ1n) is 6.02. The van der Waals surface area contributed by atoms with Gasteiger partial charge in [-0.05, 0) is 13.0 Å². The lowest BCUT2D eigenvalue weighted by Crippen LogP contribution is -2.24. The molecule has 0 saturated heterocycles. The summed E-state index contributed by atoms with van der Waals surface area (Å²) in [5.41, 5.74) is 0.299. The quantitative estimate of drug-likeness (QED) is 0.729. The minimum absolute atomic E-state index is 0.0926. The highest BCUT2D eigenvalue weighted by atomic mass is 16.5. The summed E-state index contributed by atoms with van der Waals surface area (Å²) in [6.45, 7) is 2.13. The van der Waals surface area contributed by atoms with Gasteiger partial charge < -0.3 is 14.7 Å². The normalized spacial score (nSPS) is 12.0. The lowest BCUT2D eigenvalue weighted by atomic mass is 10.2. The molecule has 19 heavy (non-hydrogen) atoms. The Bertz CT molecular complexity index is 442. The number of nitrogens with zero attached hydrogens (tertiary/aromatic N) is 3. The minimum atomic E-state index is -0.888. The van der Waals surface area contributed by atoms with Crippen LogP contribution >= 0.6 is 0 Å². The van der Waals surface area contributed by atoms with Gasteiger partial charge in [0.2, 0.25) is 0 Å². The molecular weight excluding hydrogens is 250 g/mol. The van der Waals surface area contributed by atoms with E-state index in [1.54, 1.807) is 33.3 Å². The Balaban J connectivity index is 2.54. The van der Waals surface area contributed by atoms with Crippen molar-refractivity contribution in [3.8, 4) is 0 Å². The number of aliphatic hydroxyl groups is 1. The summed E-state index contributed by atoms with van der Waals surface area (Å²) < 4.78 is 6.17. The number of amides is 1. The van der Waals surface area contributed by atoms with Gasteiger partial charge in [-0.3, -0.25) is 14.3 Å². The molecule has 1 unspecified atom stereocenters. The predicted molar refractivity (Wildman–Crippen MR) is 67.5 cm³/mol. The van der Waals surface area contributed by atoms with E-state index < -0.39 is 12.1 Å². The van der Waals surface area contributed by atoms with Crippen LogP contribution in [0.15, 0.2) is 12.3 Å². The van der Waals surface area contributed by atoms with Crippen molar-refractivity contribution in [1.29, 1.82) is 0 Å². The van der Waals surface area contributed by atoms with Crippen molar-refractivity contribution in [2.75, 3.05) is 20.7 Å². The summed E-state index contributed by atoms with van der Waals surface area (Å²) in [6.07, 6.45) is 0.608. The molecule has 0 aromatic carbocycles. The first-order valence-corrected chi connectivity index (χ1v) is 6.02. The van der Waals surface area contributed by atoms with Crippen LogP contribution in [0.1, 0.15) is 23.8 Å². The first kappa shape index (κ1) is 15.2. The number of ether oxygens (including phenoxy) is 1. The number of carbonyl (C=O) groups excluding carboxylic acids is 2. The highest BCUT2D eigenvalue weighted by molar-refractivity contribution is 5.91. The van der Waals surface area contributed by atoms with Crippen LogP contribution in [-0.4, -0.2) is 58.5 Å². The Morgan fingerprint density at radius 2 is 2.21 bits per heavy atom. The van der Waals surface area contributed by atoms with Crippen molar-refractivity contribution in [1.82, 2.24) is 14.7 Å². The van der Waals surface area contributed by atoms with Crippen LogP contribution in [0.5, 0.6) is 0 Å². The number of carbonyl (C=O) groups is 2. The van der Waals surface area contributed by atoms with Crippen molar-refractivity contribution in [3.05, 3.63) is 18.0 Å². The van der Waals surface area contributed by atoms with Crippen LogP contribution in [0.25, 0.3) is 0 Å². The molecular formula is C12H19N3O4. The zero-order valence-electron chi connectivity index (χ0n) is 11.4. The van der Waals surface area contributed by atoms with Crippen LogP contribution in [-0.2, 0) is 16.1 Å². The Kier molecular flexibility index (Phi) is 5.50. The van der Waals surface area contributed by atoms with Gasteiger partial charge in [0.05, 0.1) is 25.7 Å². The second kappa shape index (κ2) is 6.89. The molecule has 0 aliphatic carbocycles. The molecule has 7 nitrogen and oxygen atoms in total. The molecule has 1 rings (SSSR count). The summed E-state index contributed by atoms with van der Waals surface area (Å²) in [7, 11) is 3.27. The van der Waals surface area contributed by atoms with E-state index in [1.165, 1.54) is 9.58 Å². The maximum atomic E-state index is 11.6. The zero-order valence-corrected chi connectivity index (χ0v) is 11.4. The third-order valence-corrected chi connectivity index (χ3v) is 2.37. The molecule has 0 radical (unpaired) electrons. The fraction of sp³-hybridized carbons (Fsp3) is 0.583. The lowest BCUT2D eigenvalue weighted by molar-refractivity contribution is -0.145. The molecule has 0 saturated carbocycles. The van der Waals surface area contributed by atoms with Crippen molar-refractivity contribution in [2.45, 2.75) is 26.0 Å². The molecule has 1 heterocycles. The average molecular weight is 269 g/mol. The number of aliphatic hydroxyl groups excluding tert-OH is 1. The summed E-state index contributed by atoms with van der Waals surface area (Å²) >= 11 is 0. The summed E-state index contributed by atoms with van der Waals surface area (Å²) in [5.74, 6) is -0.662. The maximum absolute atomic E-state index is 11.6. The summed E-state index contributed by atoms with van der Waals surface area (Å²) in [5, 5.41) is 13.7. The van der Waals surface area contributed by atoms with Gasteiger partial charge >= 0.3 is 5.97 Å². The van der Waals surface area contributed by atoms with Gasteiger partial charge in [0.1, 0.15) is 5.69 Å². The van der Waals surface area contributed by atoms with Gasteiger partial charge in [-0.2, -0.15) is 5.10 Å². The van der Waals surface area contributed by atoms with Crippen LogP contribution in [0.2, 0.25) is 0 Å². The van der Waals surface area contributed by atoms with Gasteiger partial charge in [0.25, 0.3) is 5.91 Å². The molecule has 0 aliphatic heterocycles. The van der Waals surface area contributed by atoms with Gasteiger partial charge in [-0.1, -0.05) is 0 Å². The van der Waals surface area contributed by atoms with Crippen LogP contribution < -0.4 is 0 Å². The number of rotatable bonds is 6.